The van der Waals surface area contributed by atoms with E-state index in [1.54, 1.807) is 0 Å². The van der Waals surface area contributed by atoms with E-state index in [9.17, 15) is 9.90 Å². The number of aliphatic hydroxyl groups is 1. The summed E-state index contributed by atoms with van der Waals surface area (Å²) in [6.07, 6.45) is 0.224. The van der Waals surface area contributed by atoms with E-state index < -0.39 is 12.2 Å². The molecule has 1 amide bonds. The summed E-state index contributed by atoms with van der Waals surface area (Å²) in [6, 6.07) is 7.77. The highest BCUT2D eigenvalue weighted by Crippen LogP contribution is 2.30. The fourth-order valence-corrected chi connectivity index (χ4v) is 2.57. The fraction of sp³-hybridized carbons (Fsp3) is 0.500. The first-order valence-corrected chi connectivity index (χ1v) is 6.30. The number of nitrogens with zero attached hydrogens (tertiary/aromatic N) is 1. The van der Waals surface area contributed by atoms with Crippen molar-refractivity contribution in [3.05, 3.63) is 35.4 Å². The van der Waals surface area contributed by atoms with Crippen molar-refractivity contribution in [1.29, 1.82) is 0 Å². The molecule has 0 bridgehead atoms. The molecule has 0 aliphatic carbocycles. The minimum Gasteiger partial charge on any atom is -0.465 e. The lowest BCUT2D eigenvalue weighted by Gasteiger charge is -2.33. The van der Waals surface area contributed by atoms with Crippen molar-refractivity contribution in [2.24, 2.45) is 5.92 Å². The molecular weight excluding hydrogens is 230 g/mol. The predicted octanol–water partition coefficient (Wildman–Crippen LogP) is 2.42. The van der Waals surface area contributed by atoms with Gasteiger partial charge in [0.1, 0.15) is 0 Å². The monoisotopic (exact) mass is 249 g/mol. The SMILES string of the molecule is Cc1cccc([C@@H](O)C2CCCN(C(=O)O)C2)c1. The van der Waals surface area contributed by atoms with Crippen LogP contribution in [-0.2, 0) is 0 Å². The standard InChI is InChI=1S/C14H19NO3/c1-10-4-2-5-11(8-10)13(16)12-6-3-7-15(9-12)14(17)18/h2,4-5,8,12-13,16H,3,6-7,9H2,1H3,(H,17,18)/t12?,13-/m1/s1. The second kappa shape index (κ2) is 5.40. The number of likely N-dealkylation sites (tertiary alicyclic amines) is 1. The molecule has 4 nitrogen and oxygen atoms in total. The van der Waals surface area contributed by atoms with Crippen LogP contribution in [0.5, 0.6) is 0 Å². The number of carbonyl (C=O) groups is 1. The van der Waals surface area contributed by atoms with Crippen molar-refractivity contribution < 1.29 is 15.0 Å². The van der Waals surface area contributed by atoms with E-state index in [1.807, 2.05) is 31.2 Å². The second-order valence-corrected chi connectivity index (χ2v) is 4.99. The Morgan fingerprint density at radius 1 is 1.50 bits per heavy atom. The van der Waals surface area contributed by atoms with E-state index in [2.05, 4.69) is 0 Å². The first-order chi connectivity index (χ1) is 8.58. The molecule has 1 aromatic rings. The van der Waals surface area contributed by atoms with Gasteiger partial charge in [-0.05, 0) is 25.3 Å². The summed E-state index contributed by atoms with van der Waals surface area (Å²) in [4.78, 5) is 12.4. The Kier molecular flexibility index (Phi) is 3.87. The van der Waals surface area contributed by atoms with E-state index in [-0.39, 0.29) is 5.92 Å². The number of hydrogen-bond donors (Lipinski definition) is 2. The summed E-state index contributed by atoms with van der Waals surface area (Å²) >= 11 is 0. The van der Waals surface area contributed by atoms with Crippen molar-refractivity contribution in [2.75, 3.05) is 13.1 Å². The molecule has 2 rings (SSSR count). The Balaban J connectivity index is 2.09. The van der Waals surface area contributed by atoms with Gasteiger partial charge in [-0.3, -0.25) is 0 Å². The largest absolute Gasteiger partial charge is 0.465 e. The van der Waals surface area contributed by atoms with Crippen LogP contribution in [-0.4, -0.2) is 34.3 Å². The molecule has 18 heavy (non-hydrogen) atoms. The molecule has 1 unspecified atom stereocenters. The number of aliphatic hydroxyl groups excluding tert-OH is 1. The van der Waals surface area contributed by atoms with Crippen LogP contribution >= 0.6 is 0 Å². The zero-order valence-electron chi connectivity index (χ0n) is 10.5. The average Bonchev–Trinajstić information content (AvgIpc) is 2.38. The van der Waals surface area contributed by atoms with Gasteiger partial charge >= 0.3 is 6.09 Å². The molecule has 2 N–H and O–H groups in total. The molecule has 0 spiro atoms. The smallest absolute Gasteiger partial charge is 0.407 e. The Morgan fingerprint density at radius 3 is 2.94 bits per heavy atom. The lowest BCUT2D eigenvalue weighted by molar-refractivity contribution is 0.0503. The van der Waals surface area contributed by atoms with Gasteiger partial charge in [0.2, 0.25) is 0 Å². The normalized spacial score (nSPS) is 21.7. The van der Waals surface area contributed by atoms with Crippen LogP contribution in [0, 0.1) is 12.8 Å². The van der Waals surface area contributed by atoms with Crippen LogP contribution in [0.4, 0.5) is 4.79 Å². The molecule has 2 atom stereocenters. The van der Waals surface area contributed by atoms with Crippen LogP contribution in [0.25, 0.3) is 0 Å². The van der Waals surface area contributed by atoms with Crippen LogP contribution in [0.1, 0.15) is 30.1 Å². The number of carboxylic acid groups (broad SMARTS) is 1. The first-order valence-electron chi connectivity index (χ1n) is 6.30. The van der Waals surface area contributed by atoms with Gasteiger partial charge in [-0.1, -0.05) is 29.8 Å². The van der Waals surface area contributed by atoms with Crippen molar-refractivity contribution >= 4 is 6.09 Å². The van der Waals surface area contributed by atoms with Gasteiger partial charge in [-0.25, -0.2) is 4.79 Å². The van der Waals surface area contributed by atoms with Gasteiger partial charge in [0, 0.05) is 19.0 Å². The van der Waals surface area contributed by atoms with Crippen molar-refractivity contribution in [1.82, 2.24) is 4.90 Å². The molecule has 1 saturated heterocycles. The predicted molar refractivity (Wildman–Crippen MR) is 68.5 cm³/mol. The topological polar surface area (TPSA) is 60.8 Å². The maximum absolute atomic E-state index is 11.0. The summed E-state index contributed by atoms with van der Waals surface area (Å²) < 4.78 is 0. The van der Waals surface area contributed by atoms with E-state index in [4.69, 9.17) is 5.11 Å². The molecule has 98 valence electrons. The summed E-state index contributed by atoms with van der Waals surface area (Å²) in [5, 5.41) is 19.3. The highest BCUT2D eigenvalue weighted by Gasteiger charge is 2.29. The number of aryl methyl sites for hydroxylation is 1. The summed E-state index contributed by atoms with van der Waals surface area (Å²) in [6.45, 7) is 2.98. The van der Waals surface area contributed by atoms with E-state index in [0.717, 1.165) is 24.0 Å². The Morgan fingerprint density at radius 2 is 2.28 bits per heavy atom. The Hall–Kier alpha value is -1.55. The van der Waals surface area contributed by atoms with Gasteiger partial charge in [0.15, 0.2) is 0 Å². The number of rotatable bonds is 2. The number of benzene rings is 1. The number of amides is 1. The quantitative estimate of drug-likeness (QED) is 0.846. The second-order valence-electron chi connectivity index (χ2n) is 4.99. The molecule has 0 saturated carbocycles. The fourth-order valence-electron chi connectivity index (χ4n) is 2.57. The van der Waals surface area contributed by atoms with Crippen LogP contribution in [0.2, 0.25) is 0 Å². The highest BCUT2D eigenvalue weighted by molar-refractivity contribution is 5.65. The van der Waals surface area contributed by atoms with Gasteiger partial charge < -0.3 is 15.1 Å². The lowest BCUT2D eigenvalue weighted by atomic mass is 9.88. The van der Waals surface area contributed by atoms with E-state index >= 15 is 0 Å². The summed E-state index contributed by atoms with van der Waals surface area (Å²) in [7, 11) is 0. The highest BCUT2D eigenvalue weighted by atomic mass is 16.4. The van der Waals surface area contributed by atoms with Gasteiger partial charge in [-0.2, -0.15) is 0 Å². The third-order valence-corrected chi connectivity index (χ3v) is 3.56. The van der Waals surface area contributed by atoms with Crippen molar-refractivity contribution in [3.8, 4) is 0 Å². The van der Waals surface area contributed by atoms with E-state index in [0.29, 0.717) is 13.1 Å². The molecular formula is C14H19NO3. The van der Waals surface area contributed by atoms with Gasteiger partial charge in [0.05, 0.1) is 6.10 Å². The average molecular weight is 249 g/mol. The Labute approximate surface area is 107 Å². The zero-order valence-corrected chi connectivity index (χ0v) is 10.5. The van der Waals surface area contributed by atoms with Crippen molar-refractivity contribution in [3.63, 3.8) is 0 Å². The lowest BCUT2D eigenvalue weighted by Crippen LogP contribution is -2.40. The summed E-state index contributed by atoms with van der Waals surface area (Å²) in [5.41, 5.74) is 1.99. The third-order valence-electron chi connectivity index (χ3n) is 3.56. The van der Waals surface area contributed by atoms with Crippen molar-refractivity contribution in [2.45, 2.75) is 25.9 Å². The number of hydrogen-bond acceptors (Lipinski definition) is 2. The molecule has 0 aromatic heterocycles. The molecule has 0 radical (unpaired) electrons. The molecule has 1 fully saturated rings. The summed E-state index contributed by atoms with van der Waals surface area (Å²) in [5.74, 6) is -0.00310. The Bertz CT molecular complexity index is 433. The van der Waals surface area contributed by atoms with Crippen LogP contribution < -0.4 is 0 Å². The zero-order chi connectivity index (χ0) is 13.1. The third kappa shape index (κ3) is 2.82. The minimum atomic E-state index is -0.892. The molecule has 1 heterocycles. The molecule has 1 aliphatic rings. The number of piperidine rings is 1. The van der Waals surface area contributed by atoms with E-state index in [1.165, 1.54) is 4.90 Å². The van der Waals surface area contributed by atoms with Crippen LogP contribution in [0.3, 0.4) is 0 Å². The molecule has 1 aromatic carbocycles. The first kappa shape index (κ1) is 12.9. The van der Waals surface area contributed by atoms with Crippen LogP contribution in [0.15, 0.2) is 24.3 Å². The maximum Gasteiger partial charge on any atom is 0.407 e. The molecule has 4 heteroatoms. The van der Waals surface area contributed by atoms with Gasteiger partial charge in [-0.15, -0.1) is 0 Å². The maximum atomic E-state index is 11.0. The van der Waals surface area contributed by atoms with Gasteiger partial charge in [0.25, 0.3) is 0 Å². The minimum absolute atomic E-state index is 0.00310. The molecule has 1 aliphatic heterocycles.